The molecule has 1 heteroatoms. The summed E-state index contributed by atoms with van der Waals surface area (Å²) >= 11 is 0. The smallest absolute Gasteiger partial charge is 0.0233 e. The van der Waals surface area contributed by atoms with E-state index in [0.29, 0.717) is 0 Å². The zero-order valence-corrected chi connectivity index (χ0v) is 10.4. The summed E-state index contributed by atoms with van der Waals surface area (Å²) in [5.41, 5.74) is 3.30. The maximum atomic E-state index is 2.69. The Hall–Kier alpha value is -0.560. The summed E-state index contributed by atoms with van der Waals surface area (Å²) in [6.07, 6.45) is 12.0. The van der Waals surface area contributed by atoms with Gasteiger partial charge < -0.3 is 0 Å². The minimum absolute atomic E-state index is 0.766. The summed E-state index contributed by atoms with van der Waals surface area (Å²) < 4.78 is 0. The van der Waals surface area contributed by atoms with Crippen LogP contribution in [0.2, 0.25) is 0 Å². The van der Waals surface area contributed by atoms with Crippen molar-refractivity contribution < 1.29 is 0 Å². The molecule has 0 N–H and O–H groups in total. The van der Waals surface area contributed by atoms with Crippen molar-refractivity contribution in [1.29, 1.82) is 0 Å². The summed E-state index contributed by atoms with van der Waals surface area (Å²) in [5, 5.41) is 0. The fraction of sp³-hybridized carbons (Fsp3) is 0.733. The molecule has 1 aliphatic heterocycles. The van der Waals surface area contributed by atoms with Gasteiger partial charge in [0.25, 0.3) is 0 Å². The third-order valence-corrected chi connectivity index (χ3v) is 4.47. The maximum absolute atomic E-state index is 2.69. The number of rotatable bonds is 2. The van der Waals surface area contributed by atoms with Gasteiger partial charge in [-0.2, -0.15) is 0 Å². The van der Waals surface area contributed by atoms with E-state index in [0.717, 1.165) is 11.8 Å². The Morgan fingerprint density at radius 1 is 1.31 bits per heavy atom. The first-order valence-corrected chi connectivity index (χ1v) is 6.94. The van der Waals surface area contributed by atoms with E-state index >= 15 is 0 Å². The number of hydrogen-bond donors (Lipinski definition) is 0. The molecule has 1 heterocycles. The maximum Gasteiger partial charge on any atom is 0.0233 e. The molecule has 2 aliphatic carbocycles. The topological polar surface area (TPSA) is 3.24 Å². The predicted molar refractivity (Wildman–Crippen MR) is 68.3 cm³/mol. The van der Waals surface area contributed by atoms with Crippen LogP contribution in [0, 0.1) is 11.8 Å². The molecule has 16 heavy (non-hydrogen) atoms. The number of piperidine rings is 1. The molecular weight excluding hydrogens is 194 g/mol. The molecule has 1 atom stereocenters. The Labute approximate surface area is 99.2 Å². The molecule has 0 aromatic rings. The quantitative estimate of drug-likeness (QED) is 0.685. The lowest BCUT2D eigenvalue weighted by Gasteiger charge is -2.37. The van der Waals surface area contributed by atoms with Crippen molar-refractivity contribution in [2.45, 2.75) is 39.0 Å². The lowest BCUT2D eigenvalue weighted by Crippen LogP contribution is -2.38. The first-order chi connectivity index (χ1) is 7.81. The van der Waals surface area contributed by atoms with E-state index in [2.05, 4.69) is 24.0 Å². The van der Waals surface area contributed by atoms with Crippen LogP contribution >= 0.6 is 0 Å². The lowest BCUT2D eigenvalue weighted by atomic mass is 9.83. The van der Waals surface area contributed by atoms with E-state index in [1.54, 1.807) is 11.1 Å². The molecule has 88 valence electrons. The molecule has 3 aliphatic rings. The van der Waals surface area contributed by atoms with Gasteiger partial charge in [-0.1, -0.05) is 25.5 Å². The molecule has 1 nitrogen and oxygen atoms in total. The minimum Gasteiger partial charge on any atom is -0.298 e. The van der Waals surface area contributed by atoms with Gasteiger partial charge in [0.15, 0.2) is 0 Å². The zero-order valence-electron chi connectivity index (χ0n) is 10.4. The highest BCUT2D eigenvalue weighted by atomic mass is 15.1. The number of nitrogens with zero attached hydrogens (tertiary/aromatic N) is 1. The second-order valence-electron chi connectivity index (χ2n) is 5.92. The fourth-order valence-electron chi connectivity index (χ4n) is 3.19. The van der Waals surface area contributed by atoms with Crippen LogP contribution in [0.4, 0.5) is 0 Å². The largest absolute Gasteiger partial charge is 0.298 e. The van der Waals surface area contributed by atoms with E-state index in [-0.39, 0.29) is 0 Å². The van der Waals surface area contributed by atoms with Crippen LogP contribution in [-0.2, 0) is 0 Å². The third kappa shape index (κ3) is 2.10. The molecule has 0 bridgehead atoms. The van der Waals surface area contributed by atoms with E-state index in [1.807, 2.05) is 0 Å². The third-order valence-electron chi connectivity index (χ3n) is 4.47. The molecule has 0 spiro atoms. The van der Waals surface area contributed by atoms with Crippen molar-refractivity contribution in [3.05, 3.63) is 23.3 Å². The van der Waals surface area contributed by atoms with Crippen LogP contribution in [0.25, 0.3) is 0 Å². The van der Waals surface area contributed by atoms with Gasteiger partial charge in [-0.3, -0.25) is 4.90 Å². The van der Waals surface area contributed by atoms with Gasteiger partial charge in [-0.05, 0) is 48.7 Å². The highest BCUT2D eigenvalue weighted by Gasteiger charge is 2.25. The molecule has 0 amide bonds. The van der Waals surface area contributed by atoms with E-state index in [9.17, 15) is 0 Å². The Balaban J connectivity index is 1.62. The Morgan fingerprint density at radius 2 is 2.19 bits per heavy atom. The monoisotopic (exact) mass is 217 g/mol. The van der Waals surface area contributed by atoms with Gasteiger partial charge in [0.2, 0.25) is 0 Å². The highest BCUT2D eigenvalue weighted by Crippen LogP contribution is 2.32. The molecular formula is C15H23N. The van der Waals surface area contributed by atoms with Gasteiger partial charge in [0.05, 0.1) is 0 Å². The van der Waals surface area contributed by atoms with Crippen molar-refractivity contribution in [2.24, 2.45) is 11.8 Å². The van der Waals surface area contributed by atoms with Crippen molar-refractivity contribution in [1.82, 2.24) is 4.90 Å². The van der Waals surface area contributed by atoms with Crippen LogP contribution in [0.15, 0.2) is 23.3 Å². The summed E-state index contributed by atoms with van der Waals surface area (Å²) in [6.45, 7) is 6.23. The first kappa shape index (κ1) is 10.6. The van der Waals surface area contributed by atoms with Crippen LogP contribution in [-0.4, -0.2) is 24.5 Å². The second-order valence-corrected chi connectivity index (χ2v) is 5.92. The van der Waals surface area contributed by atoms with Gasteiger partial charge in [0, 0.05) is 19.6 Å². The van der Waals surface area contributed by atoms with Crippen molar-refractivity contribution >= 4 is 0 Å². The van der Waals surface area contributed by atoms with Gasteiger partial charge in [0.1, 0.15) is 0 Å². The number of hydrogen-bond acceptors (Lipinski definition) is 1. The van der Waals surface area contributed by atoms with Crippen LogP contribution in [0.1, 0.15) is 39.0 Å². The molecule has 1 unspecified atom stereocenters. The van der Waals surface area contributed by atoms with Crippen molar-refractivity contribution in [3.8, 4) is 0 Å². The first-order valence-electron chi connectivity index (χ1n) is 6.94. The number of likely N-dealkylation sites (tertiary alicyclic amines) is 1. The summed E-state index contributed by atoms with van der Waals surface area (Å²) in [6, 6.07) is 0. The standard InChI is InChI=1S/C15H23N/c1-12-5-6-14-7-8-16(11-15(14)9-12)10-13-3-2-4-13/h6,9,12-13H,2-5,7-8,10-11H2,1H3. The number of allylic oxidation sites excluding steroid dienone is 2. The molecule has 1 saturated carbocycles. The second kappa shape index (κ2) is 4.37. The van der Waals surface area contributed by atoms with Crippen LogP contribution in [0.3, 0.4) is 0 Å². The number of fused-ring (bicyclic) bond motifs is 1. The lowest BCUT2D eigenvalue weighted by molar-refractivity contribution is 0.182. The minimum atomic E-state index is 0.766. The molecule has 2 fully saturated rings. The van der Waals surface area contributed by atoms with Gasteiger partial charge >= 0.3 is 0 Å². The average molecular weight is 217 g/mol. The van der Waals surface area contributed by atoms with E-state index in [4.69, 9.17) is 0 Å². The van der Waals surface area contributed by atoms with Crippen LogP contribution < -0.4 is 0 Å². The van der Waals surface area contributed by atoms with E-state index in [1.165, 1.54) is 51.7 Å². The Morgan fingerprint density at radius 3 is 2.94 bits per heavy atom. The van der Waals surface area contributed by atoms with Crippen molar-refractivity contribution in [2.75, 3.05) is 19.6 Å². The molecule has 0 aromatic carbocycles. The molecule has 0 aromatic heterocycles. The normalized spacial score (nSPS) is 31.4. The molecule has 0 radical (unpaired) electrons. The Bertz CT molecular complexity index is 322. The summed E-state index contributed by atoms with van der Waals surface area (Å²) in [7, 11) is 0. The average Bonchev–Trinajstić information content (AvgIpc) is 2.23. The summed E-state index contributed by atoms with van der Waals surface area (Å²) in [4.78, 5) is 2.69. The zero-order chi connectivity index (χ0) is 11.0. The Kier molecular flexibility index (Phi) is 2.89. The SMILES string of the molecule is CC1C=C2CN(CC3CCC3)CCC2=CC1. The summed E-state index contributed by atoms with van der Waals surface area (Å²) in [5.74, 6) is 1.79. The van der Waals surface area contributed by atoms with Crippen molar-refractivity contribution in [3.63, 3.8) is 0 Å². The van der Waals surface area contributed by atoms with Gasteiger partial charge in [-0.15, -0.1) is 0 Å². The van der Waals surface area contributed by atoms with Crippen LogP contribution in [0.5, 0.6) is 0 Å². The predicted octanol–water partition coefficient (Wildman–Crippen LogP) is 3.38. The fourth-order valence-corrected chi connectivity index (χ4v) is 3.19. The highest BCUT2D eigenvalue weighted by molar-refractivity contribution is 5.37. The molecule has 3 rings (SSSR count). The molecule has 1 saturated heterocycles. The van der Waals surface area contributed by atoms with Gasteiger partial charge in [-0.25, -0.2) is 0 Å². The van der Waals surface area contributed by atoms with E-state index < -0.39 is 0 Å².